The van der Waals surface area contributed by atoms with Crippen molar-refractivity contribution in [3.8, 4) is 0 Å². The molecule has 3 N–H and O–H groups in total. The van der Waals surface area contributed by atoms with E-state index in [1.54, 1.807) is 25.3 Å². The van der Waals surface area contributed by atoms with Gasteiger partial charge in [-0.05, 0) is 20.8 Å². The maximum absolute atomic E-state index is 12.7. The van der Waals surface area contributed by atoms with Crippen LogP contribution in [0.15, 0.2) is 12.7 Å². The Hall–Kier alpha value is -2.83. The predicted octanol–water partition coefficient (Wildman–Crippen LogP) is -0.495. The van der Waals surface area contributed by atoms with Gasteiger partial charge in [0.25, 0.3) is 5.91 Å². The van der Waals surface area contributed by atoms with Crippen LogP contribution in [-0.4, -0.2) is 68.6 Å². The molecule has 12 nitrogen and oxygen atoms in total. The third-order valence-corrected chi connectivity index (χ3v) is 4.66. The minimum atomic E-state index is -1.00. The van der Waals surface area contributed by atoms with Gasteiger partial charge in [-0.1, -0.05) is 0 Å². The number of anilines is 1. The second kappa shape index (κ2) is 7.21. The molecule has 0 aliphatic carbocycles. The topological polar surface area (TPSA) is 153 Å². The van der Waals surface area contributed by atoms with Crippen LogP contribution in [0.1, 0.15) is 27.0 Å². The first kappa shape index (κ1) is 19.5. The smallest absolute Gasteiger partial charge is 0.325 e. The summed E-state index contributed by atoms with van der Waals surface area (Å²) < 4.78 is 24.3. The fourth-order valence-electron chi connectivity index (χ4n) is 3.54. The number of nitrogens with zero attached hydrogens (tertiary/aromatic N) is 4. The monoisotopic (exact) mass is 406 g/mol. The molecule has 0 unspecified atom stereocenters. The Labute approximate surface area is 165 Å². The number of ether oxygens (including phenoxy) is 4. The molecule has 2 aromatic rings. The number of nitrogens with two attached hydrogens (primary N) is 1. The van der Waals surface area contributed by atoms with E-state index in [1.165, 1.54) is 12.7 Å². The Morgan fingerprint density at radius 2 is 2.03 bits per heavy atom. The van der Waals surface area contributed by atoms with Gasteiger partial charge >= 0.3 is 5.97 Å². The lowest BCUT2D eigenvalue weighted by Gasteiger charge is -2.24. The first-order valence-electron chi connectivity index (χ1n) is 9.18. The van der Waals surface area contributed by atoms with E-state index in [9.17, 15) is 9.59 Å². The quantitative estimate of drug-likeness (QED) is 0.622. The summed E-state index contributed by atoms with van der Waals surface area (Å²) in [5, 5.41) is 2.52. The summed E-state index contributed by atoms with van der Waals surface area (Å²) in [6.45, 7) is 5.15. The predicted molar refractivity (Wildman–Crippen MR) is 97.1 cm³/mol. The first-order valence-corrected chi connectivity index (χ1v) is 9.18. The van der Waals surface area contributed by atoms with Crippen LogP contribution in [0.5, 0.6) is 0 Å². The highest BCUT2D eigenvalue weighted by molar-refractivity contribution is 5.86. The molecule has 2 fully saturated rings. The van der Waals surface area contributed by atoms with Crippen molar-refractivity contribution in [1.29, 1.82) is 0 Å². The largest absolute Gasteiger partial charge is 0.465 e. The van der Waals surface area contributed by atoms with E-state index in [0.717, 1.165) is 0 Å². The number of aromatic nitrogens is 4. The van der Waals surface area contributed by atoms with E-state index >= 15 is 0 Å². The summed E-state index contributed by atoms with van der Waals surface area (Å²) in [7, 11) is 0. The van der Waals surface area contributed by atoms with Crippen molar-refractivity contribution in [3.63, 3.8) is 0 Å². The number of rotatable bonds is 5. The van der Waals surface area contributed by atoms with Crippen molar-refractivity contribution in [2.45, 2.75) is 51.1 Å². The number of fused-ring (bicyclic) bond motifs is 2. The van der Waals surface area contributed by atoms with Crippen molar-refractivity contribution in [2.24, 2.45) is 0 Å². The third-order valence-electron chi connectivity index (χ3n) is 4.66. The van der Waals surface area contributed by atoms with Gasteiger partial charge in [-0.25, -0.2) is 15.0 Å². The highest BCUT2D eigenvalue weighted by atomic mass is 16.8. The number of hydrogen-bond acceptors (Lipinski definition) is 10. The molecule has 2 aromatic heterocycles. The lowest BCUT2D eigenvalue weighted by molar-refractivity contribution is -0.197. The van der Waals surface area contributed by atoms with Gasteiger partial charge in [-0.3, -0.25) is 14.2 Å². The van der Waals surface area contributed by atoms with E-state index in [4.69, 9.17) is 24.7 Å². The Morgan fingerprint density at radius 1 is 1.28 bits per heavy atom. The van der Waals surface area contributed by atoms with Crippen molar-refractivity contribution >= 4 is 28.9 Å². The van der Waals surface area contributed by atoms with E-state index in [0.29, 0.717) is 11.2 Å². The summed E-state index contributed by atoms with van der Waals surface area (Å²) in [6.07, 6.45) is -0.199. The first-order chi connectivity index (χ1) is 13.8. The average molecular weight is 406 g/mol. The van der Waals surface area contributed by atoms with E-state index < -0.39 is 42.2 Å². The molecule has 2 saturated heterocycles. The van der Waals surface area contributed by atoms with Crippen molar-refractivity contribution in [1.82, 2.24) is 24.8 Å². The van der Waals surface area contributed by atoms with E-state index in [1.807, 2.05) is 0 Å². The van der Waals surface area contributed by atoms with E-state index in [2.05, 4.69) is 20.3 Å². The zero-order valence-electron chi connectivity index (χ0n) is 16.2. The molecule has 0 spiro atoms. The van der Waals surface area contributed by atoms with Gasteiger partial charge in [0.2, 0.25) is 0 Å². The van der Waals surface area contributed by atoms with Crippen LogP contribution < -0.4 is 11.1 Å². The molecule has 2 aliphatic heterocycles. The number of carbonyl (C=O) groups is 2. The number of nitrogen functional groups attached to an aromatic ring is 1. The van der Waals surface area contributed by atoms with Gasteiger partial charge < -0.3 is 30.0 Å². The molecule has 4 rings (SSSR count). The molecule has 0 bridgehead atoms. The van der Waals surface area contributed by atoms with Crippen LogP contribution in [0, 0.1) is 0 Å². The molecule has 4 heterocycles. The summed E-state index contributed by atoms with van der Waals surface area (Å²) in [5.41, 5.74) is 6.72. The van der Waals surface area contributed by atoms with Crippen molar-refractivity contribution < 1.29 is 28.5 Å². The highest BCUT2D eigenvalue weighted by Crippen LogP contribution is 2.43. The van der Waals surface area contributed by atoms with Crippen molar-refractivity contribution in [2.75, 3.05) is 18.9 Å². The summed E-state index contributed by atoms with van der Waals surface area (Å²) in [6, 6.07) is 0. The maximum Gasteiger partial charge on any atom is 0.325 e. The number of amides is 1. The Bertz CT molecular complexity index is 946. The minimum Gasteiger partial charge on any atom is -0.465 e. The molecule has 0 aromatic carbocycles. The zero-order valence-corrected chi connectivity index (χ0v) is 16.2. The van der Waals surface area contributed by atoms with Crippen LogP contribution in [0.3, 0.4) is 0 Å². The molecule has 0 radical (unpaired) electrons. The van der Waals surface area contributed by atoms with Crippen LogP contribution in [0.25, 0.3) is 11.2 Å². The van der Waals surface area contributed by atoms with E-state index in [-0.39, 0.29) is 19.0 Å². The minimum absolute atomic E-state index is 0.227. The normalized spacial score (nSPS) is 27.7. The Morgan fingerprint density at radius 3 is 2.79 bits per heavy atom. The van der Waals surface area contributed by atoms with Crippen LogP contribution in [0.4, 0.5) is 5.82 Å². The molecule has 1 amide bonds. The molecule has 4 atom stereocenters. The fraction of sp³-hybridized carbons (Fsp3) is 0.588. The van der Waals surface area contributed by atoms with Gasteiger partial charge in [0, 0.05) is 0 Å². The molecule has 12 heteroatoms. The number of imidazole rings is 1. The molecule has 2 aliphatic rings. The van der Waals surface area contributed by atoms with Gasteiger partial charge in [0.15, 0.2) is 29.6 Å². The Kier molecular flexibility index (Phi) is 4.84. The number of hydrogen-bond donors (Lipinski definition) is 2. The highest BCUT2D eigenvalue weighted by Gasteiger charge is 2.58. The van der Waals surface area contributed by atoms with Crippen LogP contribution >= 0.6 is 0 Å². The number of esters is 1. The molecule has 29 heavy (non-hydrogen) atoms. The SMILES string of the molecule is CCOC(=O)CNC(=O)[C@H]1O[C@@H](n2cnc3c(N)ncnc32)[C@H]2OC(C)(C)O[C@H]21. The second-order valence-corrected chi connectivity index (χ2v) is 7.12. The third kappa shape index (κ3) is 3.50. The molecular weight excluding hydrogens is 384 g/mol. The lowest BCUT2D eigenvalue weighted by Crippen LogP contribution is -2.44. The summed E-state index contributed by atoms with van der Waals surface area (Å²) in [5.74, 6) is -1.73. The average Bonchev–Trinajstić information content (AvgIpc) is 3.31. The van der Waals surface area contributed by atoms with Crippen LogP contribution in [-0.2, 0) is 28.5 Å². The van der Waals surface area contributed by atoms with Crippen LogP contribution in [0.2, 0.25) is 0 Å². The van der Waals surface area contributed by atoms with Gasteiger partial charge in [0.1, 0.15) is 30.6 Å². The summed E-state index contributed by atoms with van der Waals surface area (Å²) in [4.78, 5) is 36.6. The van der Waals surface area contributed by atoms with Gasteiger partial charge in [-0.2, -0.15) is 0 Å². The van der Waals surface area contributed by atoms with Gasteiger partial charge in [-0.15, -0.1) is 0 Å². The molecular formula is C17H22N6O6. The molecule has 0 saturated carbocycles. The maximum atomic E-state index is 12.7. The lowest BCUT2D eigenvalue weighted by atomic mass is 10.1. The standard InChI is InChI=1S/C17H22N6O6/c1-4-26-8(24)5-19-15(25)11-10-12(29-17(2,3)28-10)16(27-11)23-7-22-9-13(18)20-6-21-14(9)23/h6-7,10-12,16H,4-5H2,1-3H3,(H,19,25)(H2,18,20,21)/t10-,11-,12-,16+/m0/s1. The number of nitrogens with one attached hydrogen (secondary N) is 1. The Balaban J connectivity index is 1.60. The zero-order chi connectivity index (χ0) is 20.8. The second-order valence-electron chi connectivity index (χ2n) is 7.12. The fourth-order valence-corrected chi connectivity index (χ4v) is 3.54. The summed E-state index contributed by atoms with van der Waals surface area (Å²) >= 11 is 0. The molecule has 156 valence electrons. The van der Waals surface area contributed by atoms with Crippen molar-refractivity contribution in [3.05, 3.63) is 12.7 Å². The van der Waals surface area contributed by atoms with Gasteiger partial charge in [0.05, 0.1) is 12.9 Å². The number of carbonyl (C=O) groups excluding carboxylic acids is 2.